The SMILES string of the molecule is CC.CCCCC(NC(=O)C1CC2=CC(OC)=CCC=C2N1)c1cnn(C)c1. The number of methoxy groups -OCH3 is 1. The molecule has 1 aromatic heterocycles. The molecule has 1 aromatic rings. The van der Waals surface area contributed by atoms with E-state index in [0.717, 1.165) is 48.3 Å². The molecule has 0 spiro atoms. The molecule has 0 radical (unpaired) electrons. The number of fused-ring (bicyclic) bond motifs is 1. The zero-order valence-corrected chi connectivity index (χ0v) is 17.8. The zero-order chi connectivity index (χ0) is 20.5. The summed E-state index contributed by atoms with van der Waals surface area (Å²) >= 11 is 0. The second kappa shape index (κ2) is 10.7. The number of unbranched alkanes of at least 4 members (excludes halogenated alkanes) is 1. The third kappa shape index (κ3) is 5.50. The van der Waals surface area contributed by atoms with E-state index in [-0.39, 0.29) is 18.0 Å². The van der Waals surface area contributed by atoms with E-state index < -0.39 is 0 Å². The number of nitrogens with one attached hydrogen (secondary N) is 2. The van der Waals surface area contributed by atoms with Crippen LogP contribution in [0.4, 0.5) is 0 Å². The first kappa shape index (κ1) is 21.8. The van der Waals surface area contributed by atoms with E-state index in [1.165, 1.54) is 0 Å². The van der Waals surface area contributed by atoms with Gasteiger partial charge < -0.3 is 15.4 Å². The lowest BCUT2D eigenvalue weighted by Gasteiger charge is -2.20. The van der Waals surface area contributed by atoms with Crippen LogP contribution in [0.5, 0.6) is 0 Å². The van der Waals surface area contributed by atoms with Crippen molar-refractivity contribution in [2.24, 2.45) is 7.05 Å². The lowest BCUT2D eigenvalue weighted by atomic mass is 10.0. The lowest BCUT2D eigenvalue weighted by Crippen LogP contribution is -2.41. The van der Waals surface area contributed by atoms with E-state index >= 15 is 0 Å². The molecular weight excluding hydrogens is 352 g/mol. The highest BCUT2D eigenvalue weighted by atomic mass is 16.5. The summed E-state index contributed by atoms with van der Waals surface area (Å²) in [5.74, 6) is 0.887. The summed E-state index contributed by atoms with van der Waals surface area (Å²) in [7, 11) is 3.57. The number of aryl methyl sites for hydroxylation is 1. The molecule has 2 atom stereocenters. The van der Waals surface area contributed by atoms with Crippen molar-refractivity contribution in [1.82, 2.24) is 20.4 Å². The van der Waals surface area contributed by atoms with Crippen LogP contribution < -0.4 is 10.6 Å². The van der Waals surface area contributed by atoms with Crippen molar-refractivity contribution < 1.29 is 9.53 Å². The third-order valence-electron chi connectivity index (χ3n) is 4.90. The lowest BCUT2D eigenvalue weighted by molar-refractivity contribution is -0.123. The molecule has 154 valence electrons. The summed E-state index contributed by atoms with van der Waals surface area (Å²) in [5.41, 5.74) is 3.23. The van der Waals surface area contributed by atoms with Crippen molar-refractivity contribution in [3.05, 3.63) is 53.2 Å². The van der Waals surface area contributed by atoms with Crippen molar-refractivity contribution in [3.63, 3.8) is 0 Å². The van der Waals surface area contributed by atoms with Gasteiger partial charge in [-0.15, -0.1) is 0 Å². The fourth-order valence-electron chi connectivity index (χ4n) is 3.43. The molecule has 2 unspecified atom stereocenters. The molecule has 0 bridgehead atoms. The molecule has 1 fully saturated rings. The fourth-order valence-corrected chi connectivity index (χ4v) is 3.43. The first-order valence-electron chi connectivity index (χ1n) is 10.3. The van der Waals surface area contributed by atoms with E-state index in [9.17, 15) is 4.79 Å². The Morgan fingerprint density at radius 3 is 2.86 bits per heavy atom. The number of ether oxygens (including phenoxy) is 1. The average molecular weight is 387 g/mol. The molecule has 1 aliphatic heterocycles. The molecule has 2 aliphatic rings. The van der Waals surface area contributed by atoms with Gasteiger partial charge in [0.1, 0.15) is 11.8 Å². The van der Waals surface area contributed by atoms with E-state index in [4.69, 9.17) is 4.74 Å². The Balaban J connectivity index is 0.00000136. The smallest absolute Gasteiger partial charge is 0.243 e. The van der Waals surface area contributed by atoms with Crippen LogP contribution in [0.25, 0.3) is 0 Å². The normalized spacial score (nSPS) is 18.9. The Kier molecular flexibility index (Phi) is 8.36. The molecule has 6 nitrogen and oxygen atoms in total. The summed E-state index contributed by atoms with van der Waals surface area (Å²) < 4.78 is 7.14. The number of rotatable bonds is 7. The second-order valence-electron chi connectivity index (χ2n) is 6.89. The van der Waals surface area contributed by atoms with E-state index in [2.05, 4.69) is 28.7 Å². The first-order chi connectivity index (χ1) is 13.6. The van der Waals surface area contributed by atoms with Gasteiger partial charge in [0.25, 0.3) is 0 Å². The molecule has 0 saturated carbocycles. The van der Waals surface area contributed by atoms with Gasteiger partial charge in [-0.05, 0) is 30.6 Å². The van der Waals surface area contributed by atoms with Gasteiger partial charge in [0, 0.05) is 30.9 Å². The average Bonchev–Trinajstić information content (AvgIpc) is 3.27. The van der Waals surface area contributed by atoms with Crippen LogP contribution in [-0.4, -0.2) is 28.8 Å². The number of hydrogen-bond acceptors (Lipinski definition) is 4. The van der Waals surface area contributed by atoms with Crippen molar-refractivity contribution in [2.45, 2.75) is 65.0 Å². The van der Waals surface area contributed by atoms with Crippen LogP contribution in [0.3, 0.4) is 0 Å². The summed E-state index contributed by atoms with van der Waals surface area (Å²) in [4.78, 5) is 12.9. The van der Waals surface area contributed by atoms with Crippen LogP contribution in [0, 0.1) is 0 Å². The molecule has 2 heterocycles. The van der Waals surface area contributed by atoms with Crippen LogP contribution in [-0.2, 0) is 16.6 Å². The van der Waals surface area contributed by atoms with E-state index in [0.29, 0.717) is 6.42 Å². The van der Waals surface area contributed by atoms with Gasteiger partial charge in [-0.3, -0.25) is 9.48 Å². The molecule has 1 aliphatic carbocycles. The number of allylic oxidation sites excluding steroid dienone is 4. The maximum absolute atomic E-state index is 12.9. The van der Waals surface area contributed by atoms with Gasteiger partial charge in [-0.2, -0.15) is 5.10 Å². The summed E-state index contributed by atoms with van der Waals surface area (Å²) in [6.07, 6.45) is 14.5. The Labute approximate surface area is 168 Å². The zero-order valence-electron chi connectivity index (χ0n) is 17.8. The molecule has 28 heavy (non-hydrogen) atoms. The monoisotopic (exact) mass is 386 g/mol. The van der Waals surface area contributed by atoms with Crippen LogP contribution >= 0.6 is 0 Å². The van der Waals surface area contributed by atoms with Crippen LogP contribution in [0.15, 0.2) is 47.7 Å². The van der Waals surface area contributed by atoms with Gasteiger partial charge in [0.05, 0.1) is 19.3 Å². The largest absolute Gasteiger partial charge is 0.497 e. The van der Waals surface area contributed by atoms with Crippen molar-refractivity contribution >= 4 is 5.91 Å². The third-order valence-corrected chi connectivity index (χ3v) is 4.90. The summed E-state index contributed by atoms with van der Waals surface area (Å²) in [6.45, 7) is 6.16. The van der Waals surface area contributed by atoms with Crippen LogP contribution in [0.1, 0.15) is 64.5 Å². The molecule has 6 heteroatoms. The molecule has 0 aromatic carbocycles. The standard InChI is InChI=1S/C20H28N4O2.C2H6/c1-4-5-8-18(15-12-21-24(2)13-15)23-20(25)19-11-14-10-16(26-3)7-6-9-17(14)22-19;1-2/h7,9-10,12-13,18-19,22H,4-6,8,11H2,1-3H3,(H,23,25);1-2H3. The van der Waals surface area contributed by atoms with Gasteiger partial charge in [-0.25, -0.2) is 0 Å². The van der Waals surface area contributed by atoms with Gasteiger partial charge in [0.2, 0.25) is 5.91 Å². The van der Waals surface area contributed by atoms with E-state index in [1.807, 2.05) is 45.4 Å². The number of hydrogen-bond donors (Lipinski definition) is 2. The van der Waals surface area contributed by atoms with Gasteiger partial charge in [-0.1, -0.05) is 39.7 Å². The minimum Gasteiger partial charge on any atom is -0.497 e. The fraction of sp³-hybridized carbons (Fsp3) is 0.545. The van der Waals surface area contributed by atoms with Gasteiger partial charge in [0.15, 0.2) is 0 Å². The predicted octanol–water partition coefficient (Wildman–Crippen LogP) is 3.90. The van der Waals surface area contributed by atoms with Crippen molar-refractivity contribution in [1.29, 1.82) is 0 Å². The molecule has 1 saturated heterocycles. The number of carbonyl (C=O) groups excluding carboxylic acids is 1. The first-order valence-corrected chi connectivity index (χ1v) is 10.3. The van der Waals surface area contributed by atoms with Crippen molar-refractivity contribution in [3.8, 4) is 0 Å². The van der Waals surface area contributed by atoms with E-state index in [1.54, 1.807) is 11.8 Å². The topological polar surface area (TPSA) is 68.2 Å². The predicted molar refractivity (Wildman–Crippen MR) is 112 cm³/mol. The molecule has 2 N–H and O–H groups in total. The minimum absolute atomic E-state index is 0.000692. The molecule has 1 amide bonds. The Hall–Kier alpha value is -2.50. The highest BCUT2D eigenvalue weighted by Gasteiger charge is 2.31. The molecule has 3 rings (SSSR count). The Bertz CT molecular complexity index is 745. The Morgan fingerprint density at radius 1 is 1.43 bits per heavy atom. The van der Waals surface area contributed by atoms with Crippen molar-refractivity contribution in [2.75, 3.05) is 7.11 Å². The maximum atomic E-state index is 12.9. The summed E-state index contributed by atoms with van der Waals surface area (Å²) in [5, 5.41) is 10.8. The Morgan fingerprint density at radius 2 is 2.21 bits per heavy atom. The highest BCUT2D eigenvalue weighted by molar-refractivity contribution is 5.84. The maximum Gasteiger partial charge on any atom is 0.243 e. The quantitative estimate of drug-likeness (QED) is 0.746. The number of aromatic nitrogens is 2. The number of carbonyl (C=O) groups is 1. The van der Waals surface area contributed by atoms with Crippen LogP contribution in [0.2, 0.25) is 0 Å². The minimum atomic E-state index is -0.246. The van der Waals surface area contributed by atoms with Gasteiger partial charge >= 0.3 is 0 Å². The summed E-state index contributed by atoms with van der Waals surface area (Å²) in [6, 6.07) is -0.245. The highest BCUT2D eigenvalue weighted by Crippen LogP contribution is 2.28. The number of nitrogens with zero attached hydrogens (tertiary/aromatic N) is 2. The molecular formula is C22H34N4O2. The second-order valence-corrected chi connectivity index (χ2v) is 6.89. The number of amides is 1.